The molecule has 0 atom stereocenters. The number of thiophene rings is 1. The number of aromatic nitrogens is 2. The van der Waals surface area contributed by atoms with Crippen molar-refractivity contribution in [2.45, 2.75) is 18.0 Å². The third-order valence-electron chi connectivity index (χ3n) is 4.57. The minimum Gasteiger partial charge on any atom is -0.274 e. The molecule has 0 bridgehead atoms. The summed E-state index contributed by atoms with van der Waals surface area (Å²) < 4.78 is 30.6. The van der Waals surface area contributed by atoms with Gasteiger partial charge in [0.2, 0.25) is 10.0 Å². The molecule has 0 aliphatic carbocycles. The highest BCUT2D eigenvalue weighted by Gasteiger charge is 2.30. The first kappa shape index (κ1) is 19.6. The number of hydrogen-bond acceptors (Lipinski definition) is 4. The molecule has 4 aromatic rings. The first-order valence-corrected chi connectivity index (χ1v) is 11.5. The molecule has 0 saturated carbocycles. The molecule has 2 heterocycles. The van der Waals surface area contributed by atoms with E-state index >= 15 is 0 Å². The van der Waals surface area contributed by atoms with Crippen LogP contribution in [0, 0.1) is 0 Å². The normalized spacial score (nSPS) is 11.8. The van der Waals surface area contributed by atoms with Gasteiger partial charge in [-0.15, -0.1) is 11.3 Å². The van der Waals surface area contributed by atoms with E-state index in [2.05, 4.69) is 5.10 Å². The molecule has 4 rings (SSSR count). The highest BCUT2D eigenvalue weighted by molar-refractivity contribution is 7.89. The molecule has 0 aliphatic heterocycles. The molecule has 0 radical (unpaired) electrons. The molecule has 0 N–H and O–H groups in total. The second-order valence-electron chi connectivity index (χ2n) is 6.74. The quantitative estimate of drug-likeness (QED) is 0.439. The van der Waals surface area contributed by atoms with E-state index in [1.807, 2.05) is 78.2 Å². The smallest absolute Gasteiger partial charge is 0.247 e. The third kappa shape index (κ3) is 4.32. The fourth-order valence-corrected chi connectivity index (χ4v) is 5.56. The summed E-state index contributed by atoms with van der Waals surface area (Å²) in [4.78, 5) is 1.07. The highest BCUT2D eigenvalue weighted by atomic mass is 32.2. The van der Waals surface area contributed by atoms with Crippen LogP contribution in [0.4, 0.5) is 0 Å². The third-order valence-corrected chi connectivity index (χ3v) is 7.24. The molecule has 0 saturated heterocycles. The van der Waals surface area contributed by atoms with Crippen LogP contribution in [0.15, 0.2) is 89.3 Å². The summed E-state index contributed by atoms with van der Waals surface area (Å²) in [6, 6.07) is 23.1. The van der Waals surface area contributed by atoms with Crippen LogP contribution in [0.3, 0.4) is 0 Å². The maximum absolute atomic E-state index is 13.7. The molecule has 7 heteroatoms. The van der Waals surface area contributed by atoms with Gasteiger partial charge in [0.25, 0.3) is 0 Å². The van der Waals surface area contributed by atoms with Gasteiger partial charge in [-0.25, -0.2) is 8.42 Å². The number of sulfonamides is 1. The van der Waals surface area contributed by atoms with Gasteiger partial charge >= 0.3 is 0 Å². The predicted molar refractivity (Wildman–Crippen MR) is 116 cm³/mol. The molecule has 0 fully saturated rings. The fraction of sp³-hybridized carbons (Fsp3) is 0.136. The lowest BCUT2D eigenvalue weighted by Crippen LogP contribution is -2.30. The molecule has 0 aliphatic rings. The first-order valence-electron chi connectivity index (χ1n) is 9.19. The van der Waals surface area contributed by atoms with E-state index in [1.54, 1.807) is 17.9 Å². The second kappa shape index (κ2) is 8.32. The molecule has 2 aromatic heterocycles. The summed E-state index contributed by atoms with van der Waals surface area (Å²) in [5.74, 6) is 0. The molecule has 0 unspecified atom stereocenters. The van der Waals surface area contributed by atoms with Gasteiger partial charge < -0.3 is 0 Å². The predicted octanol–water partition coefficient (Wildman–Crippen LogP) is 4.54. The Labute approximate surface area is 174 Å². The zero-order chi connectivity index (χ0) is 20.3. The average Bonchev–Trinajstić information content (AvgIpc) is 3.39. The maximum atomic E-state index is 13.7. The summed E-state index contributed by atoms with van der Waals surface area (Å²) in [5.41, 5.74) is 2.37. The average molecular weight is 424 g/mol. The Hall–Kier alpha value is -2.74. The topological polar surface area (TPSA) is 55.2 Å². The monoisotopic (exact) mass is 423 g/mol. The van der Waals surface area contributed by atoms with Crippen molar-refractivity contribution in [2.75, 3.05) is 0 Å². The van der Waals surface area contributed by atoms with Crippen LogP contribution in [0.25, 0.3) is 10.6 Å². The zero-order valence-corrected chi connectivity index (χ0v) is 17.6. The molecule has 0 spiro atoms. The van der Waals surface area contributed by atoms with Gasteiger partial charge in [-0.05, 0) is 22.6 Å². The van der Waals surface area contributed by atoms with E-state index in [-0.39, 0.29) is 18.0 Å². The zero-order valence-electron chi connectivity index (χ0n) is 16.0. The molecule has 0 amide bonds. The molecule has 148 valence electrons. The first-order chi connectivity index (χ1) is 14.0. The summed E-state index contributed by atoms with van der Waals surface area (Å²) >= 11 is 1.48. The van der Waals surface area contributed by atoms with E-state index < -0.39 is 10.0 Å². The van der Waals surface area contributed by atoms with Gasteiger partial charge in [0, 0.05) is 26.3 Å². The Morgan fingerprint density at radius 1 is 0.897 bits per heavy atom. The van der Waals surface area contributed by atoms with Crippen LogP contribution in [0.1, 0.15) is 11.1 Å². The van der Waals surface area contributed by atoms with E-state index in [9.17, 15) is 8.42 Å². The van der Waals surface area contributed by atoms with Crippen molar-refractivity contribution in [1.82, 2.24) is 14.1 Å². The number of aryl methyl sites for hydroxylation is 1. The van der Waals surface area contributed by atoms with Crippen LogP contribution < -0.4 is 0 Å². The molecular formula is C22H21N3O2S2. The van der Waals surface area contributed by atoms with Crippen molar-refractivity contribution in [3.8, 4) is 10.6 Å². The Morgan fingerprint density at radius 2 is 1.48 bits per heavy atom. The number of nitrogens with zero attached hydrogens (tertiary/aromatic N) is 3. The van der Waals surface area contributed by atoms with E-state index in [0.717, 1.165) is 16.0 Å². The minimum absolute atomic E-state index is 0.231. The molecule has 29 heavy (non-hydrogen) atoms. The van der Waals surface area contributed by atoms with Crippen LogP contribution in [0.5, 0.6) is 0 Å². The molecule has 2 aromatic carbocycles. The number of benzene rings is 2. The van der Waals surface area contributed by atoms with E-state index in [0.29, 0.717) is 5.69 Å². The van der Waals surface area contributed by atoms with Crippen LogP contribution in [-0.4, -0.2) is 22.5 Å². The van der Waals surface area contributed by atoms with Crippen molar-refractivity contribution in [3.05, 3.63) is 95.5 Å². The maximum Gasteiger partial charge on any atom is 0.247 e. The van der Waals surface area contributed by atoms with Crippen molar-refractivity contribution in [3.63, 3.8) is 0 Å². The number of hydrogen-bond donors (Lipinski definition) is 0. The summed E-state index contributed by atoms with van der Waals surface area (Å²) in [6.07, 6.45) is 1.59. The Kier molecular flexibility index (Phi) is 5.62. The largest absolute Gasteiger partial charge is 0.274 e. The van der Waals surface area contributed by atoms with Crippen molar-refractivity contribution < 1.29 is 8.42 Å². The molecule has 5 nitrogen and oxygen atoms in total. The summed E-state index contributed by atoms with van der Waals surface area (Å²) in [5, 5.41) is 6.36. The van der Waals surface area contributed by atoms with E-state index in [4.69, 9.17) is 0 Å². The van der Waals surface area contributed by atoms with Gasteiger partial charge in [-0.3, -0.25) is 4.68 Å². The van der Waals surface area contributed by atoms with Crippen molar-refractivity contribution >= 4 is 21.4 Å². The van der Waals surface area contributed by atoms with Gasteiger partial charge in [0.15, 0.2) is 0 Å². The lowest BCUT2D eigenvalue weighted by molar-refractivity contribution is 0.401. The Morgan fingerprint density at radius 3 is 2.00 bits per heavy atom. The standard InChI is InChI=1S/C22H21N3O2S2/c1-24-17-21(22(23-24)20-13-8-14-28-20)29(26,27)25(15-18-9-4-2-5-10-18)16-19-11-6-3-7-12-19/h2-14,17H,15-16H2,1H3. The summed E-state index contributed by atoms with van der Waals surface area (Å²) in [6.45, 7) is 0.577. The Balaban J connectivity index is 1.77. The van der Waals surface area contributed by atoms with Gasteiger partial charge in [-0.1, -0.05) is 66.7 Å². The van der Waals surface area contributed by atoms with Crippen molar-refractivity contribution in [2.24, 2.45) is 7.05 Å². The lowest BCUT2D eigenvalue weighted by atomic mass is 10.2. The SMILES string of the molecule is Cn1cc(S(=O)(=O)N(Cc2ccccc2)Cc2ccccc2)c(-c2cccs2)n1. The fourth-order valence-electron chi connectivity index (χ4n) is 3.18. The Bertz CT molecular complexity index is 1130. The van der Waals surface area contributed by atoms with Crippen molar-refractivity contribution in [1.29, 1.82) is 0 Å². The minimum atomic E-state index is -3.78. The second-order valence-corrected chi connectivity index (χ2v) is 9.59. The van der Waals surface area contributed by atoms with Crippen LogP contribution in [0.2, 0.25) is 0 Å². The summed E-state index contributed by atoms with van der Waals surface area (Å²) in [7, 11) is -2.03. The van der Waals surface area contributed by atoms with Crippen LogP contribution in [-0.2, 0) is 30.2 Å². The highest BCUT2D eigenvalue weighted by Crippen LogP contribution is 2.32. The van der Waals surface area contributed by atoms with Gasteiger partial charge in [0.05, 0.1) is 4.88 Å². The van der Waals surface area contributed by atoms with E-state index in [1.165, 1.54) is 15.6 Å². The lowest BCUT2D eigenvalue weighted by Gasteiger charge is -2.22. The van der Waals surface area contributed by atoms with Gasteiger partial charge in [0.1, 0.15) is 10.6 Å². The van der Waals surface area contributed by atoms with Crippen LogP contribution >= 0.6 is 11.3 Å². The number of rotatable bonds is 7. The van der Waals surface area contributed by atoms with Gasteiger partial charge in [-0.2, -0.15) is 9.40 Å². The molecular weight excluding hydrogens is 402 g/mol.